The Morgan fingerprint density at radius 3 is 2.47 bits per heavy atom. The Morgan fingerprint density at radius 2 is 2.00 bits per heavy atom. The number of hydrogen-bond acceptors (Lipinski definition) is 2. The molecule has 0 saturated carbocycles. The van der Waals surface area contributed by atoms with Gasteiger partial charge in [-0.3, -0.25) is 0 Å². The van der Waals surface area contributed by atoms with Crippen molar-refractivity contribution in [2.75, 3.05) is 7.11 Å². The Hall–Kier alpha value is -0.930. The van der Waals surface area contributed by atoms with Crippen molar-refractivity contribution in [1.82, 2.24) is 0 Å². The van der Waals surface area contributed by atoms with Gasteiger partial charge in [-0.25, -0.2) is 4.39 Å². The van der Waals surface area contributed by atoms with Gasteiger partial charge < -0.3 is 10.5 Å². The monoisotopic (exact) mass is 211 g/mol. The van der Waals surface area contributed by atoms with Crippen LogP contribution >= 0.6 is 0 Å². The molecular formula is C12H18FNO. The molecule has 0 saturated heterocycles. The van der Waals surface area contributed by atoms with E-state index in [2.05, 4.69) is 0 Å². The highest BCUT2D eigenvalue weighted by atomic mass is 19.1. The van der Waals surface area contributed by atoms with Gasteiger partial charge in [0.1, 0.15) is 5.82 Å². The molecule has 0 aromatic heterocycles. The Morgan fingerprint density at radius 1 is 1.33 bits per heavy atom. The van der Waals surface area contributed by atoms with Gasteiger partial charge in [-0.1, -0.05) is 26.0 Å². The van der Waals surface area contributed by atoms with E-state index in [1.165, 1.54) is 12.1 Å². The predicted molar refractivity (Wildman–Crippen MR) is 59.0 cm³/mol. The maximum atomic E-state index is 13.0. The van der Waals surface area contributed by atoms with Crippen LogP contribution in [0.2, 0.25) is 0 Å². The molecule has 2 N–H and O–H groups in total. The number of benzene rings is 1. The van der Waals surface area contributed by atoms with Crippen LogP contribution in [0.1, 0.15) is 25.5 Å². The van der Waals surface area contributed by atoms with E-state index >= 15 is 0 Å². The van der Waals surface area contributed by atoms with Gasteiger partial charge in [0.25, 0.3) is 0 Å². The van der Waals surface area contributed by atoms with Crippen molar-refractivity contribution in [3.63, 3.8) is 0 Å². The van der Waals surface area contributed by atoms with Crippen molar-refractivity contribution in [3.05, 3.63) is 35.6 Å². The second kappa shape index (κ2) is 5.24. The first-order valence-electron chi connectivity index (χ1n) is 5.10. The molecule has 0 heterocycles. The Labute approximate surface area is 90.2 Å². The summed E-state index contributed by atoms with van der Waals surface area (Å²) >= 11 is 0. The minimum absolute atomic E-state index is 0.0909. The van der Waals surface area contributed by atoms with Crippen molar-refractivity contribution < 1.29 is 9.13 Å². The molecule has 1 rings (SSSR count). The third kappa shape index (κ3) is 3.01. The van der Waals surface area contributed by atoms with Gasteiger partial charge in [-0.15, -0.1) is 0 Å². The second-order valence-corrected chi connectivity index (χ2v) is 4.03. The van der Waals surface area contributed by atoms with Gasteiger partial charge in [-0.2, -0.15) is 0 Å². The molecule has 0 aliphatic rings. The first-order valence-corrected chi connectivity index (χ1v) is 5.10. The highest BCUT2D eigenvalue weighted by Crippen LogP contribution is 2.22. The Balaban J connectivity index is 2.87. The van der Waals surface area contributed by atoms with Crippen LogP contribution in [0.3, 0.4) is 0 Å². The lowest BCUT2D eigenvalue weighted by Gasteiger charge is -2.26. The van der Waals surface area contributed by atoms with Crippen LogP contribution < -0.4 is 5.73 Å². The van der Waals surface area contributed by atoms with Gasteiger partial charge in [0.2, 0.25) is 0 Å². The lowest BCUT2D eigenvalue weighted by atomic mass is 9.94. The molecule has 0 aliphatic heterocycles. The van der Waals surface area contributed by atoms with E-state index in [1.54, 1.807) is 13.2 Å². The van der Waals surface area contributed by atoms with E-state index in [0.717, 1.165) is 5.56 Å². The fourth-order valence-electron chi connectivity index (χ4n) is 1.74. The lowest BCUT2D eigenvalue weighted by Crippen LogP contribution is -2.32. The smallest absolute Gasteiger partial charge is 0.123 e. The second-order valence-electron chi connectivity index (χ2n) is 4.03. The molecule has 15 heavy (non-hydrogen) atoms. The highest BCUT2D eigenvalue weighted by Gasteiger charge is 2.22. The Bertz CT molecular complexity index is 314. The van der Waals surface area contributed by atoms with Gasteiger partial charge in [-0.05, 0) is 23.6 Å². The molecule has 0 fully saturated rings. The molecule has 2 unspecified atom stereocenters. The van der Waals surface area contributed by atoms with Gasteiger partial charge >= 0.3 is 0 Å². The molecule has 0 bridgehead atoms. The average Bonchev–Trinajstić information content (AvgIpc) is 2.18. The van der Waals surface area contributed by atoms with Crippen LogP contribution in [0.15, 0.2) is 24.3 Å². The first kappa shape index (κ1) is 12.1. The summed E-state index contributed by atoms with van der Waals surface area (Å²) in [5.74, 6) is 0.0369. The van der Waals surface area contributed by atoms with E-state index in [-0.39, 0.29) is 18.0 Å². The van der Waals surface area contributed by atoms with Gasteiger partial charge in [0, 0.05) is 7.11 Å². The SMILES string of the molecule is COC(C(C)C)C(N)c1cccc(F)c1. The summed E-state index contributed by atoms with van der Waals surface area (Å²) in [6.07, 6.45) is -0.0909. The zero-order valence-electron chi connectivity index (χ0n) is 9.41. The van der Waals surface area contributed by atoms with E-state index in [0.29, 0.717) is 5.92 Å². The topological polar surface area (TPSA) is 35.2 Å². The van der Waals surface area contributed by atoms with Crippen LogP contribution in [-0.2, 0) is 4.74 Å². The molecule has 3 heteroatoms. The molecule has 0 radical (unpaired) electrons. The molecular weight excluding hydrogens is 193 g/mol. The van der Waals surface area contributed by atoms with Crippen LogP contribution in [0.4, 0.5) is 4.39 Å². The highest BCUT2D eigenvalue weighted by molar-refractivity contribution is 5.21. The maximum absolute atomic E-state index is 13.0. The number of halogens is 1. The van der Waals surface area contributed by atoms with Crippen molar-refractivity contribution >= 4 is 0 Å². The number of rotatable bonds is 4. The van der Waals surface area contributed by atoms with Gasteiger partial charge in [0.05, 0.1) is 12.1 Å². The summed E-state index contributed by atoms with van der Waals surface area (Å²) in [6, 6.07) is 6.07. The first-order chi connectivity index (χ1) is 7.06. The average molecular weight is 211 g/mol. The van der Waals surface area contributed by atoms with Crippen molar-refractivity contribution in [3.8, 4) is 0 Å². The summed E-state index contributed by atoms with van der Waals surface area (Å²) in [6.45, 7) is 4.07. The normalized spacial score (nSPS) is 15.3. The maximum Gasteiger partial charge on any atom is 0.123 e. The molecule has 0 aliphatic carbocycles. The van der Waals surface area contributed by atoms with E-state index in [4.69, 9.17) is 10.5 Å². The predicted octanol–water partition coefficient (Wildman–Crippen LogP) is 2.50. The number of methoxy groups -OCH3 is 1. The fourth-order valence-corrected chi connectivity index (χ4v) is 1.74. The zero-order valence-corrected chi connectivity index (χ0v) is 9.41. The summed E-state index contributed by atoms with van der Waals surface area (Å²) in [5.41, 5.74) is 6.80. The molecule has 2 nitrogen and oxygen atoms in total. The summed E-state index contributed by atoms with van der Waals surface area (Å²) in [5, 5.41) is 0. The molecule has 1 aromatic rings. The largest absolute Gasteiger partial charge is 0.379 e. The summed E-state index contributed by atoms with van der Waals surface area (Å²) in [7, 11) is 1.63. The number of hydrogen-bond donors (Lipinski definition) is 1. The minimum Gasteiger partial charge on any atom is -0.379 e. The van der Waals surface area contributed by atoms with Crippen molar-refractivity contribution in [1.29, 1.82) is 0 Å². The van der Waals surface area contributed by atoms with E-state index in [9.17, 15) is 4.39 Å². The van der Waals surface area contributed by atoms with Crippen LogP contribution in [0.25, 0.3) is 0 Å². The molecule has 0 amide bonds. The van der Waals surface area contributed by atoms with E-state index in [1.807, 2.05) is 19.9 Å². The summed E-state index contributed by atoms with van der Waals surface area (Å²) < 4.78 is 18.3. The number of ether oxygens (including phenoxy) is 1. The third-order valence-corrected chi connectivity index (χ3v) is 2.52. The van der Waals surface area contributed by atoms with Crippen LogP contribution in [0.5, 0.6) is 0 Å². The van der Waals surface area contributed by atoms with Gasteiger partial charge in [0.15, 0.2) is 0 Å². The molecule has 0 spiro atoms. The van der Waals surface area contributed by atoms with Crippen LogP contribution in [0, 0.1) is 11.7 Å². The van der Waals surface area contributed by atoms with E-state index < -0.39 is 0 Å². The minimum atomic E-state index is -0.286. The number of nitrogens with two attached hydrogens (primary N) is 1. The standard InChI is InChI=1S/C12H18FNO/c1-8(2)12(15-3)11(14)9-5-4-6-10(13)7-9/h4-8,11-12H,14H2,1-3H3. The fraction of sp³-hybridized carbons (Fsp3) is 0.500. The summed E-state index contributed by atoms with van der Waals surface area (Å²) in [4.78, 5) is 0. The van der Waals surface area contributed by atoms with Crippen molar-refractivity contribution in [2.45, 2.75) is 26.0 Å². The third-order valence-electron chi connectivity index (χ3n) is 2.52. The van der Waals surface area contributed by atoms with Crippen molar-refractivity contribution in [2.24, 2.45) is 11.7 Å². The quantitative estimate of drug-likeness (QED) is 0.830. The Kier molecular flexibility index (Phi) is 4.24. The zero-order chi connectivity index (χ0) is 11.4. The van der Waals surface area contributed by atoms with Crippen LogP contribution in [-0.4, -0.2) is 13.2 Å². The molecule has 2 atom stereocenters. The molecule has 1 aromatic carbocycles. The molecule has 84 valence electrons. The lowest BCUT2D eigenvalue weighted by molar-refractivity contribution is 0.0436.